The number of rotatable bonds is 14. The summed E-state index contributed by atoms with van der Waals surface area (Å²) < 4.78 is 0. The molecule has 7 rings (SSSR count). The first-order chi connectivity index (χ1) is 28.6. The number of hydrogen-bond donors (Lipinski definition) is 2. The highest BCUT2D eigenvalue weighted by Crippen LogP contribution is 2.64. The Kier molecular flexibility index (Phi) is 15.5. The molecule has 4 aliphatic carbocycles. The van der Waals surface area contributed by atoms with Crippen molar-refractivity contribution < 1.29 is 0 Å². The Hall–Kier alpha value is -2.57. The third kappa shape index (κ3) is 10.1. The van der Waals surface area contributed by atoms with Gasteiger partial charge in [0.05, 0.1) is 5.41 Å². The van der Waals surface area contributed by atoms with E-state index in [2.05, 4.69) is 109 Å². The molecule has 0 aromatic heterocycles. The van der Waals surface area contributed by atoms with Crippen LogP contribution < -0.4 is 10.6 Å². The fourth-order valence-corrected chi connectivity index (χ4v) is 17.6. The third-order valence-corrected chi connectivity index (χ3v) is 19.5. The van der Waals surface area contributed by atoms with Gasteiger partial charge >= 0.3 is 0 Å². The monoisotopic (exact) mass is 815 g/mol. The first-order valence-electron chi connectivity index (χ1n) is 24.9. The van der Waals surface area contributed by atoms with E-state index in [0.29, 0.717) is 0 Å². The molecular weight excluding hydrogens is 732 g/mol. The lowest BCUT2D eigenvalue weighted by molar-refractivity contribution is 0.410. The van der Waals surface area contributed by atoms with E-state index in [9.17, 15) is 0 Å². The van der Waals surface area contributed by atoms with Gasteiger partial charge in [-0.25, -0.2) is 0 Å². The Morgan fingerprint density at radius 3 is 1.83 bits per heavy atom. The molecule has 0 bridgehead atoms. The molecule has 4 fully saturated rings. The number of benzene rings is 2. The fourth-order valence-electron chi connectivity index (χ4n) is 13.0. The largest absolute Gasteiger partial charge is 0.370 e. The minimum absolute atomic E-state index is 0.0725. The fraction of sp³-hybridized carbons (Fsp3) is 0.643. The predicted octanol–water partition coefficient (Wildman–Crippen LogP) is 15.6. The second-order valence-electron chi connectivity index (χ2n) is 20.1. The van der Waals surface area contributed by atoms with E-state index >= 15 is 0 Å². The van der Waals surface area contributed by atoms with Crippen LogP contribution in [0.25, 0.3) is 5.57 Å². The van der Waals surface area contributed by atoms with Gasteiger partial charge in [0.2, 0.25) is 0 Å². The Labute approximate surface area is 363 Å². The SMILES string of the molecule is CCCCC(CC)CCCC1=CC(C=C2CCCCC2P(C2CCCCC2)C2CCCCC2)(c2c(C)cc(C)cc2C)C(=C2NCCN2)C(c2c(C)cc(C)cc2C)=C1. The van der Waals surface area contributed by atoms with Crippen LogP contribution >= 0.6 is 7.92 Å². The maximum absolute atomic E-state index is 4.00. The third-order valence-electron chi connectivity index (χ3n) is 15.4. The molecule has 322 valence electrons. The van der Waals surface area contributed by atoms with E-state index in [1.54, 1.807) is 5.57 Å². The molecule has 3 atom stereocenters. The van der Waals surface area contributed by atoms with Crippen molar-refractivity contribution in [2.75, 3.05) is 13.1 Å². The van der Waals surface area contributed by atoms with E-state index < -0.39 is 0 Å². The minimum Gasteiger partial charge on any atom is -0.370 e. The molecule has 3 saturated carbocycles. The molecule has 0 spiro atoms. The van der Waals surface area contributed by atoms with Gasteiger partial charge in [-0.2, -0.15) is 0 Å². The summed E-state index contributed by atoms with van der Waals surface area (Å²) in [6.07, 6.45) is 37.8. The van der Waals surface area contributed by atoms with Crippen molar-refractivity contribution in [1.82, 2.24) is 10.6 Å². The molecule has 3 heteroatoms. The van der Waals surface area contributed by atoms with Gasteiger partial charge in [-0.1, -0.05) is 158 Å². The lowest BCUT2D eigenvalue weighted by Crippen LogP contribution is -2.36. The standard InChI is InChI=1S/C56H83N2P/c1-9-11-21-45(10-2)22-20-23-46-36-50(52-41(5)32-39(3)33-42(52)6)54(55-57-30-31-58-55)56(37-46,53-43(7)34-40(4)35-44(53)8)38-47-24-18-19-29-51(47)59(48-25-14-12-15-26-48)49-27-16-13-17-28-49/h32-38,45,48-49,51,57-58H,9-31H2,1-8H3. The summed E-state index contributed by atoms with van der Waals surface area (Å²) in [5, 5.41) is 8.00. The van der Waals surface area contributed by atoms with E-state index in [-0.39, 0.29) is 13.3 Å². The average molecular weight is 815 g/mol. The van der Waals surface area contributed by atoms with Crippen molar-refractivity contribution in [3.63, 3.8) is 0 Å². The van der Waals surface area contributed by atoms with Crippen LogP contribution in [0.4, 0.5) is 0 Å². The number of unbranched alkanes of at least 4 members (excludes halogenated alkanes) is 1. The predicted molar refractivity (Wildman–Crippen MR) is 260 cm³/mol. The normalized spacial score (nSPS) is 24.6. The Balaban J connectivity index is 1.49. The lowest BCUT2D eigenvalue weighted by Gasteiger charge is -2.47. The van der Waals surface area contributed by atoms with Crippen molar-refractivity contribution in [3.8, 4) is 0 Å². The van der Waals surface area contributed by atoms with Crippen molar-refractivity contribution in [3.05, 3.63) is 110 Å². The van der Waals surface area contributed by atoms with Gasteiger partial charge in [-0.3, -0.25) is 0 Å². The first-order valence-corrected chi connectivity index (χ1v) is 26.5. The van der Waals surface area contributed by atoms with Crippen molar-refractivity contribution in [1.29, 1.82) is 0 Å². The molecule has 5 aliphatic rings. The first kappa shape index (κ1) is 44.5. The van der Waals surface area contributed by atoms with Crippen LogP contribution in [0.3, 0.4) is 0 Å². The zero-order valence-electron chi connectivity index (χ0n) is 39.1. The van der Waals surface area contributed by atoms with E-state index in [4.69, 9.17) is 0 Å². The second kappa shape index (κ2) is 20.5. The van der Waals surface area contributed by atoms with Crippen molar-refractivity contribution in [2.24, 2.45) is 5.92 Å². The molecular formula is C56H83N2P. The van der Waals surface area contributed by atoms with Crippen LogP contribution in [-0.4, -0.2) is 30.1 Å². The van der Waals surface area contributed by atoms with Gasteiger partial charge in [0.25, 0.3) is 0 Å². The second-order valence-corrected chi connectivity index (χ2v) is 23.1. The quantitative estimate of drug-likeness (QED) is 0.147. The smallest absolute Gasteiger partial charge is 0.104 e. The molecule has 1 heterocycles. The van der Waals surface area contributed by atoms with Crippen molar-refractivity contribution in [2.45, 2.75) is 213 Å². The van der Waals surface area contributed by atoms with E-state index in [0.717, 1.165) is 42.4 Å². The topological polar surface area (TPSA) is 24.1 Å². The highest BCUT2D eigenvalue weighted by molar-refractivity contribution is 7.60. The van der Waals surface area contributed by atoms with Crippen LogP contribution in [0.5, 0.6) is 0 Å². The van der Waals surface area contributed by atoms with E-state index in [1.165, 1.54) is 190 Å². The van der Waals surface area contributed by atoms with Gasteiger partial charge in [0.1, 0.15) is 5.82 Å². The molecule has 2 nitrogen and oxygen atoms in total. The summed E-state index contributed by atoms with van der Waals surface area (Å²) in [4.78, 5) is 0. The number of aryl methyl sites for hydroxylation is 6. The Morgan fingerprint density at radius 1 is 0.695 bits per heavy atom. The zero-order chi connectivity index (χ0) is 41.5. The van der Waals surface area contributed by atoms with Gasteiger partial charge in [-0.15, -0.1) is 0 Å². The minimum atomic E-state index is -0.373. The molecule has 59 heavy (non-hydrogen) atoms. The molecule has 2 aromatic rings. The zero-order valence-corrected chi connectivity index (χ0v) is 40.0. The van der Waals surface area contributed by atoms with Crippen LogP contribution in [0.1, 0.15) is 193 Å². The molecule has 3 unspecified atom stereocenters. The van der Waals surface area contributed by atoms with Crippen LogP contribution in [0.15, 0.2) is 65.0 Å². The number of allylic oxidation sites excluding steroid dienone is 7. The number of hydrogen-bond acceptors (Lipinski definition) is 2. The van der Waals surface area contributed by atoms with Crippen LogP contribution in [-0.2, 0) is 5.41 Å². The highest BCUT2D eigenvalue weighted by Gasteiger charge is 2.45. The summed E-state index contributed by atoms with van der Waals surface area (Å²) >= 11 is 0. The van der Waals surface area contributed by atoms with Crippen molar-refractivity contribution >= 4 is 13.5 Å². The highest BCUT2D eigenvalue weighted by atomic mass is 31.1. The summed E-state index contributed by atoms with van der Waals surface area (Å²) in [6.45, 7) is 21.0. The average Bonchev–Trinajstić information content (AvgIpc) is 3.74. The van der Waals surface area contributed by atoms with Crippen LogP contribution in [0, 0.1) is 47.5 Å². The van der Waals surface area contributed by atoms with E-state index in [1.807, 2.05) is 5.57 Å². The maximum atomic E-state index is 4.00. The van der Waals surface area contributed by atoms with Crippen LogP contribution in [0.2, 0.25) is 0 Å². The molecule has 2 N–H and O–H groups in total. The summed E-state index contributed by atoms with van der Waals surface area (Å²) in [7, 11) is -0.0725. The molecule has 0 amide bonds. The molecule has 2 aromatic carbocycles. The number of nitrogens with one attached hydrogen (secondary N) is 2. The maximum Gasteiger partial charge on any atom is 0.104 e. The van der Waals surface area contributed by atoms with Gasteiger partial charge in [-0.05, 0) is 161 Å². The Morgan fingerprint density at radius 2 is 1.25 bits per heavy atom. The summed E-state index contributed by atoms with van der Waals surface area (Å²) in [6, 6.07) is 9.89. The Bertz CT molecular complexity index is 1810. The summed E-state index contributed by atoms with van der Waals surface area (Å²) in [5.74, 6) is 2.10. The lowest BCUT2D eigenvalue weighted by atomic mass is 9.62. The molecule has 1 saturated heterocycles. The summed E-state index contributed by atoms with van der Waals surface area (Å²) in [5.41, 5.74) is 20.1. The molecule has 0 radical (unpaired) electrons. The van der Waals surface area contributed by atoms with Gasteiger partial charge in [0, 0.05) is 24.3 Å². The van der Waals surface area contributed by atoms with Gasteiger partial charge < -0.3 is 10.6 Å². The van der Waals surface area contributed by atoms with Gasteiger partial charge in [0.15, 0.2) is 0 Å². The molecule has 1 aliphatic heterocycles.